The van der Waals surface area contributed by atoms with Crippen molar-refractivity contribution in [1.82, 2.24) is 5.32 Å². The lowest BCUT2D eigenvalue weighted by molar-refractivity contribution is 0.0527. The molecule has 1 aromatic rings. The molecule has 0 bridgehead atoms. The van der Waals surface area contributed by atoms with Crippen molar-refractivity contribution in [3.05, 3.63) is 16.0 Å². The zero-order valence-corrected chi connectivity index (χ0v) is 19.3. The molecular weight excluding hydrogens is 396 g/mol. The molecule has 158 valence electrons. The van der Waals surface area contributed by atoms with Gasteiger partial charge < -0.3 is 20.1 Å². The Hall–Kier alpha value is -1.67. The van der Waals surface area contributed by atoms with Gasteiger partial charge in [0.2, 0.25) is 0 Å². The van der Waals surface area contributed by atoms with Gasteiger partial charge in [0.15, 0.2) is 5.11 Å². The third-order valence-electron chi connectivity index (χ3n) is 4.11. The Kier molecular flexibility index (Phi) is 10.5. The second-order valence-corrected chi connectivity index (χ2v) is 8.45. The molecule has 0 aliphatic carbocycles. The molecular formula is C20H32N2O4S2. The van der Waals surface area contributed by atoms with E-state index in [9.17, 15) is 9.59 Å². The Bertz CT molecular complexity index is 686. The van der Waals surface area contributed by atoms with Crippen LogP contribution in [0, 0.1) is 12.8 Å². The van der Waals surface area contributed by atoms with Crippen LogP contribution in [0.3, 0.4) is 0 Å². The van der Waals surface area contributed by atoms with Crippen LogP contribution >= 0.6 is 23.6 Å². The maximum atomic E-state index is 12.4. The number of carbonyl (C=O) groups is 2. The number of nitrogens with one attached hydrogen (secondary N) is 2. The quantitative estimate of drug-likeness (QED) is 0.405. The van der Waals surface area contributed by atoms with Crippen LogP contribution in [0.15, 0.2) is 0 Å². The summed E-state index contributed by atoms with van der Waals surface area (Å²) in [6.07, 6.45) is 3.29. The molecule has 2 N–H and O–H groups in total. The van der Waals surface area contributed by atoms with Gasteiger partial charge in [-0.25, -0.2) is 9.59 Å². The van der Waals surface area contributed by atoms with Crippen LogP contribution in [0.4, 0.5) is 5.00 Å². The van der Waals surface area contributed by atoms with Crippen LogP contribution < -0.4 is 10.6 Å². The minimum atomic E-state index is -0.484. The zero-order chi connectivity index (χ0) is 21.3. The first kappa shape index (κ1) is 24.4. The normalized spacial score (nSPS) is 11.8. The van der Waals surface area contributed by atoms with E-state index in [2.05, 4.69) is 31.4 Å². The number of anilines is 1. The van der Waals surface area contributed by atoms with Crippen LogP contribution in [-0.4, -0.2) is 36.3 Å². The van der Waals surface area contributed by atoms with Crippen LogP contribution in [0.2, 0.25) is 0 Å². The van der Waals surface area contributed by atoms with E-state index < -0.39 is 11.9 Å². The van der Waals surface area contributed by atoms with Gasteiger partial charge in [-0.3, -0.25) is 0 Å². The van der Waals surface area contributed by atoms with E-state index in [-0.39, 0.29) is 19.3 Å². The summed E-state index contributed by atoms with van der Waals surface area (Å²) in [6.45, 7) is 12.2. The molecule has 0 saturated carbocycles. The van der Waals surface area contributed by atoms with E-state index in [1.54, 1.807) is 20.8 Å². The van der Waals surface area contributed by atoms with Gasteiger partial charge >= 0.3 is 11.9 Å². The predicted molar refractivity (Wildman–Crippen MR) is 118 cm³/mol. The topological polar surface area (TPSA) is 76.7 Å². The van der Waals surface area contributed by atoms with Crippen molar-refractivity contribution in [2.24, 2.45) is 5.92 Å². The van der Waals surface area contributed by atoms with Gasteiger partial charge in [-0.05, 0) is 57.8 Å². The maximum Gasteiger partial charge on any atom is 0.348 e. The first-order valence-electron chi connectivity index (χ1n) is 9.76. The van der Waals surface area contributed by atoms with Crippen LogP contribution in [0.1, 0.15) is 79.5 Å². The van der Waals surface area contributed by atoms with Crippen molar-refractivity contribution in [1.29, 1.82) is 0 Å². The Balaban J connectivity index is 2.92. The number of ether oxygens (including phenoxy) is 2. The zero-order valence-electron chi connectivity index (χ0n) is 17.6. The van der Waals surface area contributed by atoms with E-state index in [0.717, 1.165) is 24.2 Å². The van der Waals surface area contributed by atoms with Crippen molar-refractivity contribution < 1.29 is 19.1 Å². The fraction of sp³-hybridized carbons (Fsp3) is 0.650. The molecule has 0 aliphatic rings. The molecule has 28 heavy (non-hydrogen) atoms. The van der Waals surface area contributed by atoms with Crippen LogP contribution in [0.5, 0.6) is 0 Å². The highest BCUT2D eigenvalue weighted by atomic mass is 32.1. The maximum absolute atomic E-state index is 12.4. The van der Waals surface area contributed by atoms with Gasteiger partial charge in [0, 0.05) is 6.04 Å². The van der Waals surface area contributed by atoms with Gasteiger partial charge in [0.25, 0.3) is 0 Å². The van der Waals surface area contributed by atoms with Crippen molar-refractivity contribution >= 4 is 45.6 Å². The first-order valence-corrected chi connectivity index (χ1v) is 11.0. The number of thiophene rings is 1. The summed E-state index contributed by atoms with van der Waals surface area (Å²) in [6, 6.07) is 0.204. The number of esters is 2. The third kappa shape index (κ3) is 7.39. The first-order chi connectivity index (χ1) is 13.2. The summed E-state index contributed by atoms with van der Waals surface area (Å²) < 4.78 is 10.2. The van der Waals surface area contributed by atoms with E-state index >= 15 is 0 Å². The molecule has 0 fully saturated rings. The Labute approximate surface area is 177 Å². The van der Waals surface area contributed by atoms with Crippen LogP contribution in [0.25, 0.3) is 0 Å². The van der Waals surface area contributed by atoms with Crippen molar-refractivity contribution in [2.45, 2.75) is 66.8 Å². The lowest BCUT2D eigenvalue weighted by Gasteiger charge is -2.17. The molecule has 1 unspecified atom stereocenters. The number of carbonyl (C=O) groups excluding carboxylic acids is 2. The smallest absolute Gasteiger partial charge is 0.348 e. The minimum absolute atomic E-state index is 0.204. The lowest BCUT2D eigenvalue weighted by atomic mass is 10.0. The largest absolute Gasteiger partial charge is 0.462 e. The molecule has 0 aromatic carbocycles. The van der Waals surface area contributed by atoms with Crippen molar-refractivity contribution in [2.75, 3.05) is 18.5 Å². The highest BCUT2D eigenvalue weighted by Crippen LogP contribution is 2.34. The summed E-state index contributed by atoms with van der Waals surface area (Å²) in [5.41, 5.74) is 0.865. The van der Waals surface area contributed by atoms with Crippen LogP contribution in [-0.2, 0) is 9.47 Å². The molecule has 1 heterocycles. The van der Waals surface area contributed by atoms with Gasteiger partial charge in [0.05, 0.1) is 18.8 Å². The standard InChI is InChI=1S/C20H32N2O4S2/c1-7-25-18(23)15-14(6)16(19(24)26-8-2)28-17(15)22-20(27)21-13(5)11-9-10-12(3)4/h12-13H,7-11H2,1-6H3,(H2,21,22,27). The van der Waals surface area contributed by atoms with Gasteiger partial charge in [-0.15, -0.1) is 11.3 Å². The molecule has 0 spiro atoms. The second kappa shape index (κ2) is 12.0. The van der Waals surface area contributed by atoms with Gasteiger partial charge in [-0.1, -0.05) is 26.7 Å². The average molecular weight is 429 g/mol. The summed E-state index contributed by atoms with van der Waals surface area (Å²) in [5.74, 6) is -0.258. The molecule has 0 aliphatic heterocycles. The molecule has 6 nitrogen and oxygen atoms in total. The number of hydrogen-bond acceptors (Lipinski definition) is 6. The van der Waals surface area contributed by atoms with E-state index in [4.69, 9.17) is 21.7 Å². The molecule has 8 heteroatoms. The molecule has 1 aromatic heterocycles. The highest BCUT2D eigenvalue weighted by molar-refractivity contribution is 7.80. The second-order valence-electron chi connectivity index (χ2n) is 7.03. The number of thiocarbonyl (C=S) groups is 1. The van der Waals surface area contributed by atoms with Gasteiger partial charge in [0.1, 0.15) is 9.88 Å². The third-order valence-corrected chi connectivity index (χ3v) is 5.52. The lowest BCUT2D eigenvalue weighted by Crippen LogP contribution is -2.36. The fourth-order valence-electron chi connectivity index (χ4n) is 2.71. The summed E-state index contributed by atoms with van der Waals surface area (Å²) in [5, 5.41) is 7.22. The summed E-state index contributed by atoms with van der Waals surface area (Å²) >= 11 is 6.56. The van der Waals surface area contributed by atoms with Crippen molar-refractivity contribution in [3.63, 3.8) is 0 Å². The van der Waals surface area contributed by atoms with Crippen molar-refractivity contribution in [3.8, 4) is 0 Å². The molecule has 0 radical (unpaired) electrons. The Morgan fingerprint density at radius 1 is 1.07 bits per heavy atom. The molecule has 1 atom stereocenters. The molecule has 0 amide bonds. The highest BCUT2D eigenvalue weighted by Gasteiger charge is 2.27. The summed E-state index contributed by atoms with van der Waals surface area (Å²) in [7, 11) is 0. The SMILES string of the molecule is CCOC(=O)c1sc(NC(=S)NC(C)CCCC(C)C)c(C(=O)OCC)c1C. The summed E-state index contributed by atoms with van der Waals surface area (Å²) in [4.78, 5) is 25.0. The minimum Gasteiger partial charge on any atom is -0.462 e. The van der Waals surface area contributed by atoms with Gasteiger partial charge in [-0.2, -0.15) is 0 Å². The Morgan fingerprint density at radius 2 is 1.68 bits per heavy atom. The van der Waals surface area contributed by atoms with E-state index in [1.807, 2.05) is 0 Å². The number of rotatable bonds is 10. The fourth-order valence-corrected chi connectivity index (χ4v) is 4.17. The Morgan fingerprint density at radius 3 is 2.25 bits per heavy atom. The molecule has 1 rings (SSSR count). The monoisotopic (exact) mass is 428 g/mol. The number of hydrogen-bond donors (Lipinski definition) is 2. The van der Waals surface area contributed by atoms with E-state index in [0.29, 0.717) is 32.0 Å². The molecule has 0 saturated heterocycles. The van der Waals surface area contributed by atoms with E-state index in [1.165, 1.54) is 6.42 Å². The predicted octanol–water partition coefficient (Wildman–Crippen LogP) is 4.91. The average Bonchev–Trinajstić information content (AvgIpc) is 2.90.